The highest BCUT2D eigenvalue weighted by Crippen LogP contribution is 2.32. The van der Waals surface area contributed by atoms with Gasteiger partial charge in [-0.2, -0.15) is 4.80 Å². The number of hydrogen-bond donors (Lipinski definition) is 1. The SMILES string of the molecule is Cc1ccc(-c2nnn(CC(=O)N(C3CCCCC3)[C@@H](C(=O)NC3CCCC3)c3ccco3)n2)o1. The molecule has 2 aliphatic carbocycles. The van der Waals surface area contributed by atoms with Gasteiger partial charge >= 0.3 is 0 Å². The Morgan fingerprint density at radius 2 is 1.89 bits per heavy atom. The van der Waals surface area contributed by atoms with Crippen molar-refractivity contribution in [3.63, 3.8) is 0 Å². The minimum absolute atomic E-state index is 0.0589. The first-order chi connectivity index (χ1) is 17.1. The third kappa shape index (κ3) is 5.31. The van der Waals surface area contributed by atoms with Crippen LogP contribution in [-0.4, -0.2) is 49.0 Å². The van der Waals surface area contributed by atoms with Crippen LogP contribution in [0.3, 0.4) is 0 Å². The van der Waals surface area contributed by atoms with Crippen LogP contribution in [0.5, 0.6) is 0 Å². The Bertz CT molecular complexity index is 1120. The quantitative estimate of drug-likeness (QED) is 0.521. The highest BCUT2D eigenvalue weighted by Gasteiger charge is 2.39. The number of aromatic nitrogens is 4. The highest BCUT2D eigenvalue weighted by molar-refractivity contribution is 5.88. The third-order valence-electron chi connectivity index (χ3n) is 6.99. The standard InChI is InChI=1S/C25H32N6O4/c1-17-13-14-21(35-17)24-27-29-30(28-24)16-22(32)31(19-10-3-2-4-11-19)23(20-12-7-15-34-20)25(33)26-18-8-5-6-9-18/h7,12-15,18-19,23H,2-6,8-11,16H2,1H3,(H,26,33)/t23-/m1/s1. The van der Waals surface area contributed by atoms with Gasteiger partial charge < -0.3 is 19.1 Å². The molecule has 0 spiro atoms. The number of aryl methyl sites for hydroxylation is 1. The Balaban J connectivity index is 1.41. The van der Waals surface area contributed by atoms with E-state index < -0.39 is 6.04 Å². The summed E-state index contributed by atoms with van der Waals surface area (Å²) in [4.78, 5) is 30.4. The average Bonchev–Trinajstić information content (AvgIpc) is 3.66. The van der Waals surface area contributed by atoms with Gasteiger partial charge in [-0.25, -0.2) is 0 Å². The minimum atomic E-state index is -0.836. The lowest BCUT2D eigenvalue weighted by molar-refractivity contribution is -0.146. The number of tetrazole rings is 1. The molecule has 186 valence electrons. The van der Waals surface area contributed by atoms with E-state index in [0.29, 0.717) is 17.3 Å². The van der Waals surface area contributed by atoms with Gasteiger partial charge in [-0.3, -0.25) is 9.59 Å². The number of nitrogens with one attached hydrogen (secondary N) is 1. The zero-order valence-electron chi connectivity index (χ0n) is 20.1. The molecular formula is C25H32N6O4. The van der Waals surface area contributed by atoms with Crippen LogP contribution in [-0.2, 0) is 16.1 Å². The molecule has 35 heavy (non-hydrogen) atoms. The number of amides is 2. The summed E-state index contributed by atoms with van der Waals surface area (Å²) in [5, 5.41) is 15.6. The van der Waals surface area contributed by atoms with E-state index in [4.69, 9.17) is 8.83 Å². The molecule has 0 radical (unpaired) electrons. The van der Waals surface area contributed by atoms with E-state index in [9.17, 15) is 9.59 Å². The van der Waals surface area contributed by atoms with E-state index in [1.165, 1.54) is 4.80 Å². The molecule has 0 aromatic carbocycles. The fraction of sp³-hybridized carbons (Fsp3) is 0.560. The van der Waals surface area contributed by atoms with Crippen LogP contribution >= 0.6 is 0 Å². The summed E-state index contributed by atoms with van der Waals surface area (Å²) in [6.45, 7) is 1.71. The van der Waals surface area contributed by atoms with Crippen LogP contribution in [0.4, 0.5) is 0 Å². The molecule has 5 rings (SSSR count). The van der Waals surface area contributed by atoms with Crippen molar-refractivity contribution in [1.29, 1.82) is 0 Å². The fourth-order valence-corrected chi connectivity index (χ4v) is 5.27. The molecule has 2 amide bonds. The van der Waals surface area contributed by atoms with Crippen LogP contribution in [0.15, 0.2) is 39.4 Å². The van der Waals surface area contributed by atoms with Crippen molar-refractivity contribution in [1.82, 2.24) is 30.4 Å². The van der Waals surface area contributed by atoms with Crippen molar-refractivity contribution < 1.29 is 18.4 Å². The second-order valence-corrected chi connectivity index (χ2v) is 9.55. The molecule has 1 N–H and O–H groups in total. The van der Waals surface area contributed by atoms with Crippen molar-refractivity contribution in [2.75, 3.05) is 0 Å². The number of hydrogen-bond acceptors (Lipinski definition) is 7. The minimum Gasteiger partial charge on any atom is -0.467 e. The van der Waals surface area contributed by atoms with Gasteiger partial charge in [-0.05, 0) is 62.1 Å². The largest absolute Gasteiger partial charge is 0.467 e. The maximum atomic E-state index is 13.8. The Labute approximate surface area is 204 Å². The second kappa shape index (κ2) is 10.5. The lowest BCUT2D eigenvalue weighted by atomic mass is 9.92. The normalized spacial score (nSPS) is 18.0. The molecule has 0 bridgehead atoms. The number of furan rings is 2. The maximum absolute atomic E-state index is 13.8. The zero-order valence-corrected chi connectivity index (χ0v) is 20.1. The number of nitrogens with zero attached hydrogens (tertiary/aromatic N) is 5. The summed E-state index contributed by atoms with van der Waals surface area (Å²) >= 11 is 0. The molecule has 0 aliphatic heterocycles. The van der Waals surface area contributed by atoms with Gasteiger partial charge in [0, 0.05) is 12.1 Å². The fourth-order valence-electron chi connectivity index (χ4n) is 5.27. The first-order valence-electron chi connectivity index (χ1n) is 12.6. The summed E-state index contributed by atoms with van der Waals surface area (Å²) in [5.74, 6) is 1.60. The molecule has 3 aromatic rings. The summed E-state index contributed by atoms with van der Waals surface area (Å²) < 4.78 is 11.3. The molecule has 0 saturated heterocycles. The van der Waals surface area contributed by atoms with Gasteiger partial charge in [0.25, 0.3) is 5.91 Å². The summed E-state index contributed by atoms with van der Waals surface area (Å²) in [6, 6.07) is 6.36. The summed E-state index contributed by atoms with van der Waals surface area (Å²) in [5.41, 5.74) is 0. The van der Waals surface area contributed by atoms with E-state index in [-0.39, 0.29) is 30.4 Å². The van der Waals surface area contributed by atoms with Gasteiger partial charge in [-0.1, -0.05) is 32.1 Å². The smallest absolute Gasteiger partial charge is 0.250 e. The van der Waals surface area contributed by atoms with Gasteiger partial charge in [0.05, 0.1) is 6.26 Å². The van der Waals surface area contributed by atoms with Crippen LogP contribution in [0.2, 0.25) is 0 Å². The molecule has 2 saturated carbocycles. The van der Waals surface area contributed by atoms with Crippen LogP contribution < -0.4 is 5.32 Å². The van der Waals surface area contributed by atoms with Crippen molar-refractivity contribution in [2.45, 2.75) is 89.4 Å². The molecular weight excluding hydrogens is 448 g/mol. The zero-order chi connectivity index (χ0) is 24.2. The van der Waals surface area contributed by atoms with Crippen molar-refractivity contribution >= 4 is 11.8 Å². The van der Waals surface area contributed by atoms with E-state index in [2.05, 4.69) is 20.7 Å². The van der Waals surface area contributed by atoms with E-state index in [1.807, 2.05) is 13.0 Å². The first-order valence-corrected chi connectivity index (χ1v) is 12.6. The van der Waals surface area contributed by atoms with Crippen LogP contribution in [0.1, 0.15) is 75.3 Å². The van der Waals surface area contributed by atoms with Gasteiger partial charge in [0.1, 0.15) is 18.1 Å². The molecule has 0 unspecified atom stereocenters. The predicted octanol–water partition coefficient (Wildman–Crippen LogP) is 3.80. The molecule has 10 nitrogen and oxygen atoms in total. The molecule has 1 atom stereocenters. The number of rotatable bonds is 8. The maximum Gasteiger partial charge on any atom is 0.250 e. The van der Waals surface area contributed by atoms with E-state index >= 15 is 0 Å². The van der Waals surface area contributed by atoms with E-state index in [0.717, 1.165) is 63.5 Å². The Hall–Kier alpha value is -3.43. The topological polar surface area (TPSA) is 119 Å². The third-order valence-corrected chi connectivity index (χ3v) is 6.99. The monoisotopic (exact) mass is 480 g/mol. The van der Waals surface area contributed by atoms with E-state index in [1.54, 1.807) is 29.4 Å². The number of carbonyl (C=O) groups is 2. The Kier molecular flexibility index (Phi) is 6.96. The highest BCUT2D eigenvalue weighted by atomic mass is 16.3. The lowest BCUT2D eigenvalue weighted by Gasteiger charge is -2.38. The second-order valence-electron chi connectivity index (χ2n) is 9.55. The number of carbonyl (C=O) groups excluding carboxylic acids is 2. The molecule has 2 fully saturated rings. The van der Waals surface area contributed by atoms with Crippen molar-refractivity contribution in [3.8, 4) is 11.6 Å². The van der Waals surface area contributed by atoms with Gasteiger partial charge in [0.15, 0.2) is 11.8 Å². The molecule has 2 aliphatic rings. The molecule has 3 aromatic heterocycles. The van der Waals surface area contributed by atoms with Crippen LogP contribution in [0.25, 0.3) is 11.6 Å². The van der Waals surface area contributed by atoms with Gasteiger partial charge in [-0.15, -0.1) is 10.2 Å². The van der Waals surface area contributed by atoms with Gasteiger partial charge in [0.2, 0.25) is 11.7 Å². The average molecular weight is 481 g/mol. The predicted molar refractivity (Wildman–Crippen MR) is 126 cm³/mol. The first kappa shape index (κ1) is 23.3. The Morgan fingerprint density at radius 1 is 1.11 bits per heavy atom. The van der Waals surface area contributed by atoms with Crippen molar-refractivity contribution in [3.05, 3.63) is 42.0 Å². The molecule has 10 heteroatoms. The lowest BCUT2D eigenvalue weighted by Crippen LogP contribution is -2.51. The summed E-state index contributed by atoms with van der Waals surface area (Å²) in [6.07, 6.45) is 10.6. The molecule has 3 heterocycles. The summed E-state index contributed by atoms with van der Waals surface area (Å²) in [7, 11) is 0. The van der Waals surface area contributed by atoms with Crippen LogP contribution in [0, 0.1) is 6.92 Å². The Morgan fingerprint density at radius 3 is 2.57 bits per heavy atom. The van der Waals surface area contributed by atoms with Crippen molar-refractivity contribution in [2.24, 2.45) is 0 Å².